The van der Waals surface area contributed by atoms with Crippen LogP contribution < -0.4 is 10.6 Å². The number of aromatic nitrogens is 4. The van der Waals surface area contributed by atoms with E-state index in [0.29, 0.717) is 0 Å². The van der Waals surface area contributed by atoms with Crippen molar-refractivity contribution in [1.29, 1.82) is 0 Å². The summed E-state index contributed by atoms with van der Waals surface area (Å²) >= 11 is 0. The Morgan fingerprint density at radius 3 is 1.67 bits per heavy atom. The highest BCUT2D eigenvalue weighted by Gasteiger charge is 2.26. The van der Waals surface area contributed by atoms with Gasteiger partial charge in [-0.25, -0.2) is 9.97 Å². The van der Waals surface area contributed by atoms with Crippen LogP contribution in [0.25, 0.3) is 44.4 Å². The number of rotatable bonds is 12. The van der Waals surface area contributed by atoms with Crippen molar-refractivity contribution in [2.75, 3.05) is 0 Å². The molecule has 5 heterocycles. The van der Waals surface area contributed by atoms with E-state index in [-0.39, 0.29) is 12.1 Å². The van der Waals surface area contributed by atoms with Gasteiger partial charge in [0.1, 0.15) is 0 Å². The van der Waals surface area contributed by atoms with Gasteiger partial charge in [-0.3, -0.25) is 0 Å². The molecule has 6 nitrogen and oxygen atoms in total. The monoisotopic (exact) mass is 716 g/mol. The minimum absolute atomic E-state index is 0.124. The van der Waals surface area contributed by atoms with Crippen molar-refractivity contribution >= 4 is 44.4 Å². The molecule has 54 heavy (non-hydrogen) atoms. The third-order valence-electron chi connectivity index (χ3n) is 11.6. The minimum atomic E-state index is 0.124. The van der Waals surface area contributed by atoms with Crippen LogP contribution >= 0.6 is 0 Å². The molecular formula is C48H56N6. The minimum Gasteiger partial charge on any atom is -0.355 e. The summed E-state index contributed by atoms with van der Waals surface area (Å²) in [6.45, 7) is 19.6. The zero-order chi connectivity index (χ0) is 37.9. The highest BCUT2D eigenvalue weighted by Crippen LogP contribution is 2.38. The average Bonchev–Trinajstić information content (AvgIpc) is 3.86. The summed E-state index contributed by atoms with van der Waals surface area (Å²) in [5.74, 6) is 0. The van der Waals surface area contributed by atoms with E-state index in [1.54, 1.807) is 0 Å². The average molecular weight is 717 g/mol. The molecule has 4 N–H and O–H groups in total. The fourth-order valence-corrected chi connectivity index (χ4v) is 8.51. The largest absolute Gasteiger partial charge is 0.355 e. The maximum absolute atomic E-state index is 5.49. The number of allylic oxidation sites excluding steroid dienone is 3. The third kappa shape index (κ3) is 7.25. The first-order chi connectivity index (χ1) is 26.2. The molecule has 0 aliphatic carbocycles. The number of hydrogen-bond acceptors (Lipinski definition) is 4. The van der Waals surface area contributed by atoms with Gasteiger partial charge in [0.15, 0.2) is 0 Å². The van der Waals surface area contributed by atoms with Gasteiger partial charge in [-0.15, -0.1) is 0 Å². The standard InChI is InChI=1S/C48H56N6/c1-9-35-29(5)39-23-41-31(7)47(37(11-3)49-27-33-19-15-13-16-20-33)45(53-41)26-46-48(38(12-4)50-28-34-21-17-14-18-22-34)32(8)42(54-46)25-44-36(10-2)30(6)40(52-44)24-43(35)51-39/h13-26,37-38,49-51,54H,9-12,27-28H2,1-8H3. The zero-order valence-electron chi connectivity index (χ0n) is 33.4. The van der Waals surface area contributed by atoms with E-state index in [0.717, 1.165) is 83.6 Å². The first-order valence-corrected chi connectivity index (χ1v) is 19.9. The summed E-state index contributed by atoms with van der Waals surface area (Å²) < 4.78 is 0. The SMILES string of the molecule is CCC1=C(C)c2cc3[nH]c(cc4nc(cc5[nH]c(cc1n2)c(C)c5C(CC)NCc1ccccc1)C(C(CC)NCc1ccccc1)=C4C)c(C)c3CC. The first kappa shape index (κ1) is 37.3. The fourth-order valence-electron chi connectivity index (χ4n) is 8.51. The molecule has 2 unspecified atom stereocenters. The van der Waals surface area contributed by atoms with Crippen LogP contribution in [0.5, 0.6) is 0 Å². The van der Waals surface area contributed by atoms with Gasteiger partial charge in [0.25, 0.3) is 0 Å². The number of nitrogens with one attached hydrogen (secondary N) is 4. The summed E-state index contributed by atoms with van der Waals surface area (Å²) in [4.78, 5) is 18.5. The molecule has 5 aromatic rings. The lowest BCUT2D eigenvalue weighted by atomic mass is 9.95. The Bertz CT molecular complexity index is 2370. The Kier molecular flexibility index (Phi) is 11.1. The predicted molar refractivity (Wildman–Crippen MR) is 229 cm³/mol. The van der Waals surface area contributed by atoms with E-state index in [4.69, 9.17) is 9.97 Å². The number of nitrogens with zero attached hydrogens (tertiary/aromatic N) is 2. The molecule has 2 aliphatic rings. The lowest BCUT2D eigenvalue weighted by Gasteiger charge is -2.20. The second-order valence-electron chi connectivity index (χ2n) is 14.9. The second kappa shape index (κ2) is 16.1. The normalized spacial score (nSPS) is 14.2. The van der Waals surface area contributed by atoms with Gasteiger partial charge >= 0.3 is 0 Å². The van der Waals surface area contributed by atoms with Crippen molar-refractivity contribution in [3.63, 3.8) is 0 Å². The quantitative estimate of drug-likeness (QED) is 0.104. The molecule has 0 amide bonds. The molecular weight excluding hydrogens is 661 g/mol. The van der Waals surface area contributed by atoms with Crippen LogP contribution in [-0.2, 0) is 19.5 Å². The third-order valence-corrected chi connectivity index (χ3v) is 11.6. The van der Waals surface area contributed by atoms with E-state index in [9.17, 15) is 0 Å². The predicted octanol–water partition coefficient (Wildman–Crippen LogP) is 11.6. The molecule has 7 rings (SSSR count). The molecule has 0 fully saturated rings. The van der Waals surface area contributed by atoms with E-state index < -0.39 is 0 Å². The summed E-state index contributed by atoms with van der Waals surface area (Å²) in [5, 5.41) is 7.84. The number of aryl methyl sites for hydroxylation is 3. The van der Waals surface area contributed by atoms with Gasteiger partial charge < -0.3 is 20.6 Å². The molecule has 3 aromatic heterocycles. The van der Waals surface area contributed by atoms with Crippen molar-refractivity contribution in [2.45, 2.75) is 106 Å². The molecule has 278 valence electrons. The summed E-state index contributed by atoms with van der Waals surface area (Å²) in [6.07, 6.45) is 3.74. The van der Waals surface area contributed by atoms with Gasteiger partial charge in [0.2, 0.25) is 0 Å². The van der Waals surface area contributed by atoms with E-state index >= 15 is 0 Å². The Balaban J connectivity index is 1.51. The molecule has 6 heteroatoms. The van der Waals surface area contributed by atoms with Gasteiger partial charge in [-0.05, 0) is 133 Å². The van der Waals surface area contributed by atoms with Crippen LogP contribution in [0.4, 0.5) is 0 Å². The van der Waals surface area contributed by atoms with Gasteiger partial charge in [0.05, 0.1) is 22.8 Å². The highest BCUT2D eigenvalue weighted by molar-refractivity contribution is 5.96. The lowest BCUT2D eigenvalue weighted by Crippen LogP contribution is -2.29. The Morgan fingerprint density at radius 1 is 0.537 bits per heavy atom. The highest BCUT2D eigenvalue weighted by atomic mass is 14.9. The summed E-state index contributed by atoms with van der Waals surface area (Å²) in [5.41, 5.74) is 21.2. The van der Waals surface area contributed by atoms with Gasteiger partial charge in [0, 0.05) is 47.2 Å². The maximum atomic E-state index is 5.49. The van der Waals surface area contributed by atoms with Crippen molar-refractivity contribution in [2.24, 2.45) is 0 Å². The van der Waals surface area contributed by atoms with Gasteiger partial charge in [-0.2, -0.15) is 0 Å². The number of fused-ring (bicyclic) bond motifs is 8. The molecule has 2 aromatic carbocycles. The van der Waals surface area contributed by atoms with Crippen molar-refractivity contribution in [3.8, 4) is 0 Å². The van der Waals surface area contributed by atoms with Crippen LogP contribution in [0.3, 0.4) is 0 Å². The van der Waals surface area contributed by atoms with Crippen LogP contribution in [-0.4, -0.2) is 26.0 Å². The van der Waals surface area contributed by atoms with Gasteiger partial charge in [-0.1, -0.05) is 88.4 Å². The molecule has 0 radical (unpaired) electrons. The molecule has 8 bridgehead atoms. The van der Waals surface area contributed by atoms with Crippen molar-refractivity contribution in [1.82, 2.24) is 30.6 Å². The lowest BCUT2D eigenvalue weighted by molar-refractivity contribution is 0.521. The molecule has 0 saturated carbocycles. The van der Waals surface area contributed by atoms with Crippen LogP contribution in [0.2, 0.25) is 0 Å². The number of aromatic amines is 2. The maximum Gasteiger partial charge on any atom is 0.0709 e. The topological polar surface area (TPSA) is 81.4 Å². The number of hydrogen-bond donors (Lipinski definition) is 4. The van der Waals surface area contributed by atoms with E-state index in [1.165, 1.54) is 55.7 Å². The molecule has 2 atom stereocenters. The Morgan fingerprint density at radius 2 is 1.06 bits per heavy atom. The number of H-pyrrole nitrogens is 2. The summed E-state index contributed by atoms with van der Waals surface area (Å²) in [6, 6.07) is 30.8. The smallest absolute Gasteiger partial charge is 0.0709 e. The fraction of sp³-hybridized carbons (Fsp3) is 0.333. The first-order valence-electron chi connectivity index (χ1n) is 19.9. The summed E-state index contributed by atoms with van der Waals surface area (Å²) in [7, 11) is 0. The molecule has 0 spiro atoms. The van der Waals surface area contributed by atoms with E-state index in [1.807, 2.05) is 0 Å². The molecule has 2 aliphatic heterocycles. The molecule has 0 saturated heterocycles. The van der Waals surface area contributed by atoms with Crippen molar-refractivity contribution in [3.05, 3.63) is 141 Å². The Hall–Kier alpha value is -5.04. The van der Waals surface area contributed by atoms with Crippen LogP contribution in [0, 0.1) is 13.8 Å². The second-order valence-corrected chi connectivity index (χ2v) is 14.9. The number of benzene rings is 2. The Labute approximate surface area is 321 Å². The zero-order valence-corrected chi connectivity index (χ0v) is 33.4. The van der Waals surface area contributed by atoms with Crippen LogP contribution in [0.15, 0.2) is 84.9 Å². The van der Waals surface area contributed by atoms with Crippen molar-refractivity contribution < 1.29 is 0 Å². The van der Waals surface area contributed by atoms with E-state index in [2.05, 4.69) is 161 Å². The van der Waals surface area contributed by atoms with Crippen LogP contribution in [0.1, 0.15) is 123 Å².